The lowest BCUT2D eigenvalue weighted by molar-refractivity contribution is -0.114. The second-order valence-electron chi connectivity index (χ2n) is 10.3. The predicted molar refractivity (Wildman–Crippen MR) is 158 cm³/mol. The molecule has 0 saturated carbocycles. The molecule has 0 radical (unpaired) electrons. The van der Waals surface area contributed by atoms with Gasteiger partial charge < -0.3 is 9.47 Å². The van der Waals surface area contributed by atoms with Crippen LogP contribution in [0.15, 0.2) is 88.5 Å². The fraction of sp³-hybridized carbons (Fsp3) is 0.226. The summed E-state index contributed by atoms with van der Waals surface area (Å²) in [6, 6.07) is 23.4. The van der Waals surface area contributed by atoms with Crippen molar-refractivity contribution in [2.45, 2.75) is 33.1 Å². The molecule has 0 aromatic heterocycles. The number of nitrogens with one attached hydrogen (secondary N) is 1. The van der Waals surface area contributed by atoms with Crippen LogP contribution < -0.4 is 9.47 Å². The number of amides is 1. The lowest BCUT2D eigenvalue weighted by Crippen LogP contribution is -2.35. The predicted octanol–water partition coefficient (Wildman–Crippen LogP) is 6.42. The molecule has 1 amide bonds. The first kappa shape index (κ1) is 26.4. The molecule has 0 saturated heterocycles. The van der Waals surface area contributed by atoms with Gasteiger partial charge in [-0.15, -0.1) is 0 Å². The van der Waals surface area contributed by atoms with Gasteiger partial charge in [0.15, 0.2) is 5.84 Å². The minimum atomic E-state index is -0.452. The Morgan fingerprint density at radius 1 is 0.897 bits per heavy atom. The van der Waals surface area contributed by atoms with E-state index in [2.05, 4.69) is 43.0 Å². The first-order valence-electron chi connectivity index (χ1n) is 12.7. The van der Waals surface area contributed by atoms with Gasteiger partial charge in [-0.25, -0.2) is 0 Å². The standard InChI is InChI=1S/C31H30N4O3S/c1-20-5-9-22(10-6-20)29-34-35-27(32)26(28(36)33-30(35)39-29)19-21-7-13-24(14-8-21)37-17-18-38-25-15-11-23(12-16-25)31(2,3)4/h5-16,19,32H,17-18H2,1-4H3/b26-19-,32-27?. The highest BCUT2D eigenvalue weighted by molar-refractivity contribution is 8.27. The maximum Gasteiger partial charge on any atom is 0.283 e. The maximum atomic E-state index is 12.7. The zero-order valence-corrected chi connectivity index (χ0v) is 23.2. The van der Waals surface area contributed by atoms with Gasteiger partial charge in [0.25, 0.3) is 5.91 Å². The Morgan fingerprint density at radius 3 is 2.08 bits per heavy atom. The summed E-state index contributed by atoms with van der Waals surface area (Å²) in [5, 5.41) is 15.7. The van der Waals surface area contributed by atoms with Gasteiger partial charge in [0.2, 0.25) is 5.17 Å². The monoisotopic (exact) mass is 538 g/mol. The molecule has 5 rings (SSSR count). The zero-order valence-electron chi connectivity index (χ0n) is 22.4. The van der Waals surface area contributed by atoms with E-state index < -0.39 is 5.91 Å². The van der Waals surface area contributed by atoms with Crippen LogP contribution >= 0.6 is 11.8 Å². The quantitative estimate of drug-likeness (QED) is 0.277. The van der Waals surface area contributed by atoms with Crippen molar-refractivity contribution in [3.05, 3.63) is 101 Å². The highest BCUT2D eigenvalue weighted by atomic mass is 32.2. The SMILES string of the molecule is Cc1ccc(C2=NN3C(=N)/C(=C/c4ccc(OCCOc5ccc(C(C)(C)C)cc5)cc4)C(=O)N=C3S2)cc1. The smallest absolute Gasteiger partial charge is 0.283 e. The molecule has 8 heteroatoms. The number of rotatable bonds is 7. The van der Waals surface area contributed by atoms with Crippen molar-refractivity contribution in [3.63, 3.8) is 0 Å². The Kier molecular flexibility index (Phi) is 7.39. The second-order valence-corrected chi connectivity index (χ2v) is 11.3. The zero-order chi connectivity index (χ0) is 27.6. The van der Waals surface area contributed by atoms with Crippen molar-refractivity contribution in [2.24, 2.45) is 10.1 Å². The number of fused-ring (bicyclic) bond motifs is 1. The van der Waals surface area contributed by atoms with E-state index >= 15 is 0 Å². The number of benzene rings is 3. The minimum Gasteiger partial charge on any atom is -0.490 e. The molecule has 2 aliphatic rings. The summed E-state index contributed by atoms with van der Waals surface area (Å²) in [4.78, 5) is 16.9. The molecule has 3 aromatic rings. The van der Waals surface area contributed by atoms with Crippen LogP contribution in [0.2, 0.25) is 0 Å². The van der Waals surface area contributed by atoms with Gasteiger partial charge >= 0.3 is 0 Å². The minimum absolute atomic E-state index is 0.00706. The van der Waals surface area contributed by atoms with Gasteiger partial charge in [-0.3, -0.25) is 10.2 Å². The largest absolute Gasteiger partial charge is 0.490 e. The highest BCUT2D eigenvalue weighted by Crippen LogP contribution is 2.31. The molecular weight excluding hydrogens is 508 g/mol. The number of aliphatic imine (C=N–C) groups is 1. The Bertz CT molecular complexity index is 1480. The van der Waals surface area contributed by atoms with Gasteiger partial charge in [-0.2, -0.15) is 15.1 Å². The van der Waals surface area contributed by atoms with Crippen LogP contribution in [0.1, 0.15) is 43.0 Å². The average molecular weight is 539 g/mol. The molecule has 198 valence electrons. The summed E-state index contributed by atoms with van der Waals surface area (Å²) < 4.78 is 11.6. The van der Waals surface area contributed by atoms with E-state index in [0.29, 0.717) is 29.2 Å². The highest BCUT2D eigenvalue weighted by Gasteiger charge is 2.36. The molecule has 1 N–H and O–H groups in total. The Balaban J connectivity index is 1.18. The van der Waals surface area contributed by atoms with E-state index in [1.807, 2.05) is 67.6 Å². The number of carbonyl (C=O) groups is 1. The third-order valence-electron chi connectivity index (χ3n) is 6.29. The van der Waals surface area contributed by atoms with Gasteiger partial charge in [-0.05, 0) is 65.6 Å². The molecule has 0 unspecified atom stereocenters. The van der Waals surface area contributed by atoms with E-state index in [9.17, 15) is 4.79 Å². The summed E-state index contributed by atoms with van der Waals surface area (Å²) in [6.45, 7) is 9.39. The van der Waals surface area contributed by atoms with Crippen molar-refractivity contribution >= 4 is 39.8 Å². The number of thioether (sulfide) groups is 1. The molecule has 0 fully saturated rings. The topological polar surface area (TPSA) is 87.3 Å². The number of amidine groups is 2. The Hall–Kier alpha value is -4.17. The summed E-state index contributed by atoms with van der Waals surface area (Å²) >= 11 is 1.29. The number of ether oxygens (including phenoxy) is 2. The summed E-state index contributed by atoms with van der Waals surface area (Å²) in [5.41, 5.74) is 4.39. The molecule has 3 aromatic carbocycles. The van der Waals surface area contributed by atoms with E-state index in [1.54, 1.807) is 6.08 Å². The summed E-state index contributed by atoms with van der Waals surface area (Å²) in [5.74, 6) is 1.06. The third kappa shape index (κ3) is 6.12. The van der Waals surface area contributed by atoms with Crippen molar-refractivity contribution in [2.75, 3.05) is 13.2 Å². The molecule has 0 atom stereocenters. The van der Waals surface area contributed by atoms with Crippen LogP contribution in [0.3, 0.4) is 0 Å². The van der Waals surface area contributed by atoms with E-state index in [-0.39, 0.29) is 16.8 Å². The molecule has 39 heavy (non-hydrogen) atoms. The second kappa shape index (κ2) is 10.9. The molecule has 0 bridgehead atoms. The lowest BCUT2D eigenvalue weighted by Gasteiger charge is -2.20. The molecule has 7 nitrogen and oxygen atoms in total. The van der Waals surface area contributed by atoms with Crippen LogP contribution in [0.5, 0.6) is 11.5 Å². The van der Waals surface area contributed by atoms with E-state index in [0.717, 1.165) is 22.4 Å². The van der Waals surface area contributed by atoms with Crippen molar-refractivity contribution in [3.8, 4) is 11.5 Å². The summed E-state index contributed by atoms with van der Waals surface area (Å²) in [6.07, 6.45) is 1.66. The van der Waals surface area contributed by atoms with Crippen LogP contribution in [-0.2, 0) is 10.2 Å². The third-order valence-corrected chi connectivity index (χ3v) is 7.24. The number of hydrogen-bond donors (Lipinski definition) is 1. The number of nitrogens with zero attached hydrogens (tertiary/aromatic N) is 3. The average Bonchev–Trinajstić information content (AvgIpc) is 3.34. The van der Waals surface area contributed by atoms with Crippen LogP contribution in [-0.4, -0.2) is 40.2 Å². The number of aryl methyl sites for hydroxylation is 1. The van der Waals surface area contributed by atoms with Gasteiger partial charge in [0.05, 0.1) is 5.57 Å². The fourth-order valence-electron chi connectivity index (χ4n) is 4.00. The van der Waals surface area contributed by atoms with Crippen molar-refractivity contribution in [1.29, 1.82) is 5.41 Å². The molecule has 2 heterocycles. The number of hydrogen-bond acceptors (Lipinski definition) is 6. The molecular formula is C31H30N4O3S. The Labute approximate surface area is 232 Å². The van der Waals surface area contributed by atoms with Gasteiger partial charge in [-0.1, -0.05) is 74.9 Å². The van der Waals surface area contributed by atoms with E-state index in [1.165, 1.54) is 22.3 Å². The molecule has 2 aliphatic heterocycles. The van der Waals surface area contributed by atoms with Crippen LogP contribution in [0.25, 0.3) is 6.08 Å². The van der Waals surface area contributed by atoms with Gasteiger partial charge in [0.1, 0.15) is 29.8 Å². The number of carbonyl (C=O) groups excluding carboxylic acids is 1. The lowest BCUT2D eigenvalue weighted by atomic mass is 9.87. The van der Waals surface area contributed by atoms with Gasteiger partial charge in [0, 0.05) is 5.56 Å². The van der Waals surface area contributed by atoms with Crippen LogP contribution in [0, 0.1) is 12.3 Å². The normalized spacial score (nSPS) is 16.2. The summed E-state index contributed by atoms with van der Waals surface area (Å²) in [7, 11) is 0. The van der Waals surface area contributed by atoms with Crippen LogP contribution in [0.4, 0.5) is 0 Å². The van der Waals surface area contributed by atoms with Crippen molar-refractivity contribution < 1.29 is 14.3 Å². The van der Waals surface area contributed by atoms with Crippen molar-refractivity contribution in [1.82, 2.24) is 5.01 Å². The molecule has 0 aliphatic carbocycles. The maximum absolute atomic E-state index is 12.7. The number of hydrazone groups is 1. The first-order chi connectivity index (χ1) is 18.7. The fourth-order valence-corrected chi connectivity index (χ4v) is 4.90. The Morgan fingerprint density at radius 2 is 1.49 bits per heavy atom. The first-order valence-corrected chi connectivity index (χ1v) is 13.5. The molecule has 0 spiro atoms. The van der Waals surface area contributed by atoms with E-state index in [4.69, 9.17) is 14.9 Å².